The molecule has 17 nitrogen and oxygen atoms in total. The lowest BCUT2D eigenvalue weighted by atomic mass is 10.0. The summed E-state index contributed by atoms with van der Waals surface area (Å²) in [6, 6.07) is 0. The van der Waals surface area contributed by atoms with Crippen LogP contribution in [0.4, 0.5) is 0 Å². The minimum Gasteiger partial charge on any atom is -0.462 e. The zero-order chi connectivity index (χ0) is 66.8. The maximum absolute atomic E-state index is 13.0. The maximum atomic E-state index is 13.0. The zero-order valence-corrected chi connectivity index (χ0v) is 60.1. The topological polar surface area (TPSA) is 237 Å². The highest BCUT2D eigenvalue weighted by Gasteiger charge is 2.30. The van der Waals surface area contributed by atoms with Crippen molar-refractivity contribution in [3.8, 4) is 0 Å². The van der Waals surface area contributed by atoms with Crippen LogP contribution in [0.25, 0.3) is 0 Å². The Balaban J connectivity index is 5.18. The molecular formula is C72H136O17P2. The maximum Gasteiger partial charge on any atom is 0.472 e. The summed E-state index contributed by atoms with van der Waals surface area (Å²) in [7, 11) is -9.90. The van der Waals surface area contributed by atoms with Gasteiger partial charge in [-0.05, 0) is 51.4 Å². The number of phosphoric acid groups is 2. The Labute approximate surface area is 554 Å². The molecule has 0 aromatic carbocycles. The minimum atomic E-state index is -4.96. The van der Waals surface area contributed by atoms with Crippen LogP contribution in [0.1, 0.15) is 355 Å². The molecule has 3 N–H and O–H groups in total. The average Bonchev–Trinajstić information content (AvgIpc) is 2.50. The van der Waals surface area contributed by atoms with Crippen molar-refractivity contribution in [3.63, 3.8) is 0 Å². The van der Waals surface area contributed by atoms with E-state index in [1.54, 1.807) is 0 Å². The molecule has 5 atom stereocenters. The van der Waals surface area contributed by atoms with E-state index in [1.807, 2.05) is 0 Å². The van der Waals surface area contributed by atoms with Crippen LogP contribution in [0.15, 0.2) is 24.3 Å². The van der Waals surface area contributed by atoms with Gasteiger partial charge in [-0.3, -0.25) is 37.3 Å². The Bertz CT molecular complexity index is 1830. The molecule has 0 aliphatic heterocycles. The lowest BCUT2D eigenvalue weighted by Gasteiger charge is -2.21. The number of carbonyl (C=O) groups excluding carboxylic acids is 4. The molecule has 19 heteroatoms. The number of esters is 4. The molecule has 0 amide bonds. The van der Waals surface area contributed by atoms with Crippen LogP contribution >= 0.6 is 15.6 Å². The van der Waals surface area contributed by atoms with Gasteiger partial charge in [-0.2, -0.15) is 0 Å². The van der Waals surface area contributed by atoms with Gasteiger partial charge in [0.1, 0.15) is 19.3 Å². The normalized spacial score (nSPS) is 14.1. The van der Waals surface area contributed by atoms with Crippen LogP contribution in [0.5, 0.6) is 0 Å². The third-order valence-electron chi connectivity index (χ3n) is 16.2. The quantitative estimate of drug-likeness (QED) is 0.0169. The highest BCUT2D eigenvalue weighted by Crippen LogP contribution is 2.45. The number of allylic oxidation sites excluding steroid dienone is 4. The van der Waals surface area contributed by atoms with Crippen LogP contribution in [-0.2, 0) is 65.4 Å². The van der Waals surface area contributed by atoms with Crippen molar-refractivity contribution in [2.24, 2.45) is 0 Å². The monoisotopic (exact) mass is 1330 g/mol. The molecule has 2 unspecified atom stereocenters. The fraction of sp³-hybridized carbons (Fsp3) is 0.889. The van der Waals surface area contributed by atoms with Gasteiger partial charge in [-0.25, -0.2) is 9.13 Å². The second-order valence-corrected chi connectivity index (χ2v) is 28.2. The first kappa shape index (κ1) is 88.5. The number of hydrogen-bond acceptors (Lipinski definition) is 15. The van der Waals surface area contributed by atoms with Gasteiger partial charge in [0.2, 0.25) is 0 Å². The molecule has 536 valence electrons. The molecule has 0 fully saturated rings. The van der Waals surface area contributed by atoms with Crippen LogP contribution in [-0.4, -0.2) is 96.7 Å². The Morgan fingerprint density at radius 3 is 0.802 bits per heavy atom. The summed E-state index contributed by atoms with van der Waals surface area (Å²) < 4.78 is 68.1. The van der Waals surface area contributed by atoms with E-state index in [0.717, 1.165) is 116 Å². The van der Waals surface area contributed by atoms with Crippen molar-refractivity contribution in [1.29, 1.82) is 0 Å². The van der Waals surface area contributed by atoms with Gasteiger partial charge < -0.3 is 33.8 Å². The number of aliphatic hydroxyl groups is 1. The third kappa shape index (κ3) is 66.0. The molecule has 0 aromatic rings. The van der Waals surface area contributed by atoms with E-state index in [2.05, 4.69) is 52.0 Å². The predicted molar refractivity (Wildman–Crippen MR) is 368 cm³/mol. The predicted octanol–water partition coefficient (Wildman–Crippen LogP) is 20.6. The SMILES string of the molecule is CCCCCC/C=C\C=C/CCCCCCCC(=O)OC[C@H](COP(=O)(O)OC[C@@H](O)COP(=O)(O)OC[C@@H](COC(=O)CCCCCCC)OC(=O)CCCCCCCCCCCCCCCCC)OC(=O)CCCCCCCCCCCCCCCCCC. The number of rotatable bonds is 71. The highest BCUT2D eigenvalue weighted by molar-refractivity contribution is 7.47. The zero-order valence-electron chi connectivity index (χ0n) is 58.3. The number of aliphatic hydroxyl groups excluding tert-OH is 1. The van der Waals surface area contributed by atoms with Gasteiger partial charge in [0.25, 0.3) is 0 Å². The van der Waals surface area contributed by atoms with Gasteiger partial charge in [-0.15, -0.1) is 0 Å². The van der Waals surface area contributed by atoms with Crippen molar-refractivity contribution < 1.29 is 80.2 Å². The molecule has 0 aromatic heterocycles. The van der Waals surface area contributed by atoms with Crippen molar-refractivity contribution in [1.82, 2.24) is 0 Å². The van der Waals surface area contributed by atoms with Crippen LogP contribution in [0.3, 0.4) is 0 Å². The number of phosphoric ester groups is 2. The van der Waals surface area contributed by atoms with Gasteiger partial charge >= 0.3 is 39.5 Å². The van der Waals surface area contributed by atoms with Crippen molar-refractivity contribution in [3.05, 3.63) is 24.3 Å². The summed E-state index contributed by atoms with van der Waals surface area (Å²) in [6.07, 6.45) is 58.0. The molecule has 0 aliphatic rings. The molecule has 0 rings (SSSR count). The first-order chi connectivity index (χ1) is 44.2. The van der Waals surface area contributed by atoms with Crippen molar-refractivity contribution in [2.45, 2.75) is 373 Å². The van der Waals surface area contributed by atoms with Crippen LogP contribution in [0, 0.1) is 0 Å². The molecular weight excluding hydrogens is 1200 g/mol. The Morgan fingerprint density at radius 1 is 0.308 bits per heavy atom. The molecule has 0 heterocycles. The summed E-state index contributed by atoms with van der Waals surface area (Å²) in [5, 5.41) is 10.6. The van der Waals surface area contributed by atoms with E-state index in [1.165, 1.54) is 161 Å². The number of hydrogen-bond donors (Lipinski definition) is 3. The summed E-state index contributed by atoms with van der Waals surface area (Å²) in [6.45, 7) is 4.81. The van der Waals surface area contributed by atoms with Gasteiger partial charge in [0.05, 0.1) is 26.4 Å². The fourth-order valence-corrected chi connectivity index (χ4v) is 12.1. The van der Waals surface area contributed by atoms with E-state index in [-0.39, 0.29) is 25.7 Å². The standard InChI is InChI=1S/C72H136O17P2/c1-5-9-13-17-20-23-26-29-32-35-38-41-44-47-51-55-59-72(77)89-68(63-83-70(75)57-53-49-45-42-39-36-33-30-27-24-21-18-14-10-6-2)65-87-91(80,81)85-61-66(73)60-84-90(78,79)86-64-67(62-82-69(74)56-52-48-16-12-8-4)88-71(76)58-54-50-46-43-40-37-34-31-28-25-22-19-15-11-7-3/h24,27,30,33,66-68,73H,5-23,25-26,28-29,31-32,34-65H2,1-4H3,(H,78,79)(H,80,81)/b27-24-,33-30-/t66-,67+,68+/m0/s1. The van der Waals surface area contributed by atoms with E-state index in [4.69, 9.17) is 37.0 Å². The Morgan fingerprint density at radius 2 is 0.527 bits per heavy atom. The average molecular weight is 1340 g/mol. The largest absolute Gasteiger partial charge is 0.472 e. The van der Waals surface area contributed by atoms with Crippen molar-refractivity contribution in [2.75, 3.05) is 39.6 Å². The number of unbranched alkanes of at least 4 members (excludes halogenated alkanes) is 42. The van der Waals surface area contributed by atoms with Crippen LogP contribution < -0.4 is 0 Å². The highest BCUT2D eigenvalue weighted by atomic mass is 31.2. The third-order valence-corrected chi connectivity index (χ3v) is 18.1. The first-order valence-corrected chi connectivity index (χ1v) is 40.1. The molecule has 0 bridgehead atoms. The number of ether oxygens (including phenoxy) is 4. The van der Waals surface area contributed by atoms with E-state index in [0.29, 0.717) is 25.7 Å². The lowest BCUT2D eigenvalue weighted by Crippen LogP contribution is -2.30. The fourth-order valence-electron chi connectivity index (χ4n) is 10.5. The smallest absolute Gasteiger partial charge is 0.462 e. The Kier molecular flexibility index (Phi) is 64.4. The van der Waals surface area contributed by atoms with Crippen LogP contribution in [0.2, 0.25) is 0 Å². The van der Waals surface area contributed by atoms with Gasteiger partial charge in [0, 0.05) is 25.7 Å². The second kappa shape index (κ2) is 66.2. The summed E-state index contributed by atoms with van der Waals surface area (Å²) in [5.74, 6) is -2.16. The molecule has 91 heavy (non-hydrogen) atoms. The van der Waals surface area contributed by atoms with Gasteiger partial charge in [-0.1, -0.05) is 302 Å². The minimum absolute atomic E-state index is 0.102. The molecule has 0 saturated heterocycles. The Hall–Kier alpha value is -2.46. The van der Waals surface area contributed by atoms with E-state index in [9.17, 15) is 43.2 Å². The van der Waals surface area contributed by atoms with E-state index >= 15 is 0 Å². The van der Waals surface area contributed by atoms with Gasteiger partial charge in [0.15, 0.2) is 12.2 Å². The molecule has 0 aliphatic carbocycles. The van der Waals surface area contributed by atoms with E-state index < -0.39 is 97.5 Å². The summed E-state index contributed by atoms with van der Waals surface area (Å²) in [4.78, 5) is 72.3. The second-order valence-electron chi connectivity index (χ2n) is 25.3. The molecule has 0 saturated carbocycles. The number of carbonyl (C=O) groups is 4. The molecule has 0 radical (unpaired) electrons. The molecule has 0 spiro atoms. The summed E-state index contributed by atoms with van der Waals surface area (Å²) in [5.41, 5.74) is 0. The summed E-state index contributed by atoms with van der Waals surface area (Å²) >= 11 is 0. The first-order valence-electron chi connectivity index (χ1n) is 37.1. The lowest BCUT2D eigenvalue weighted by molar-refractivity contribution is -0.161. The van der Waals surface area contributed by atoms with Crippen molar-refractivity contribution >= 4 is 39.5 Å².